The van der Waals surface area contributed by atoms with Crippen LogP contribution in [-0.4, -0.2) is 71.1 Å². The fraction of sp³-hybridized carbons (Fsp3) is 0.680. The van der Waals surface area contributed by atoms with Crippen molar-refractivity contribution < 1.29 is 4.74 Å². The molecule has 0 bridgehead atoms. The zero-order chi connectivity index (χ0) is 22.4. The number of fused-ring (bicyclic) bond motifs is 3. The van der Waals surface area contributed by atoms with Gasteiger partial charge in [0.1, 0.15) is 0 Å². The lowest BCUT2D eigenvalue weighted by atomic mass is 9.82. The molecule has 3 N–H and O–H groups in total. The topological polar surface area (TPSA) is 79.3 Å². The van der Waals surface area contributed by atoms with Gasteiger partial charge >= 0.3 is 0 Å². The maximum absolute atomic E-state index is 5.78. The summed E-state index contributed by atoms with van der Waals surface area (Å²) in [6.45, 7) is 6.78. The van der Waals surface area contributed by atoms with E-state index in [9.17, 15) is 0 Å². The van der Waals surface area contributed by atoms with E-state index < -0.39 is 0 Å². The van der Waals surface area contributed by atoms with Gasteiger partial charge in [0.25, 0.3) is 0 Å². The predicted octanol–water partition coefficient (Wildman–Crippen LogP) is 1.51. The summed E-state index contributed by atoms with van der Waals surface area (Å²) in [5.41, 5.74) is 3.79. The van der Waals surface area contributed by atoms with Crippen LogP contribution in [0.2, 0.25) is 0 Å². The highest BCUT2D eigenvalue weighted by Gasteiger charge is 2.55. The molecule has 0 aliphatic carbocycles. The number of nitrogens with one attached hydrogen (secondary N) is 3. The first kappa shape index (κ1) is 21.7. The highest BCUT2D eigenvalue weighted by molar-refractivity contribution is 5.25. The van der Waals surface area contributed by atoms with Crippen molar-refractivity contribution in [2.24, 2.45) is 18.9 Å². The van der Waals surface area contributed by atoms with Crippen LogP contribution >= 0.6 is 0 Å². The van der Waals surface area contributed by atoms with Gasteiger partial charge in [-0.25, -0.2) is 0 Å². The van der Waals surface area contributed by atoms with Crippen molar-refractivity contribution in [3.8, 4) is 0 Å². The van der Waals surface area contributed by atoms with Gasteiger partial charge in [-0.15, -0.1) is 5.10 Å². The van der Waals surface area contributed by atoms with Crippen molar-refractivity contribution >= 4 is 0 Å². The Morgan fingerprint density at radius 2 is 1.91 bits per heavy atom. The minimum absolute atomic E-state index is 0.381. The van der Waals surface area contributed by atoms with Gasteiger partial charge in [0, 0.05) is 70.0 Å². The molecule has 0 saturated carbocycles. The van der Waals surface area contributed by atoms with Gasteiger partial charge in [-0.3, -0.25) is 14.9 Å². The van der Waals surface area contributed by atoms with Crippen molar-refractivity contribution in [3.63, 3.8) is 0 Å². The van der Waals surface area contributed by atoms with E-state index in [0.717, 1.165) is 57.9 Å². The zero-order valence-electron chi connectivity index (χ0n) is 19.8. The number of ether oxygens (including phenoxy) is 1. The molecule has 0 amide bonds. The molecule has 33 heavy (non-hydrogen) atoms. The normalized spacial score (nSPS) is 34.1. The number of hydrogen-bond donors (Lipinski definition) is 3. The zero-order valence-corrected chi connectivity index (χ0v) is 19.8. The molecule has 4 fully saturated rings. The maximum Gasteiger partial charge on any atom is 0.0831 e. The standard InChI is InChI=1S/C25H37N7O/c1-16-23(31(2)30-29-16)19-12-21-22(27-13-19)20-14-26-15-28-25(20)32(21)24(17-6-4-3-5-7-17)18-8-10-33-11-9-18/h3-7,18-22,24-28H,8-15H2,1-2H3/t19?,20?,21?,22?,24-,25?/m1/s1. The molecule has 4 aliphatic heterocycles. The quantitative estimate of drug-likeness (QED) is 0.650. The highest BCUT2D eigenvalue weighted by atomic mass is 16.5. The predicted molar refractivity (Wildman–Crippen MR) is 127 cm³/mol. The third-order valence-corrected chi connectivity index (χ3v) is 8.54. The first-order valence-electron chi connectivity index (χ1n) is 12.7. The summed E-state index contributed by atoms with van der Waals surface area (Å²) in [7, 11) is 2.04. The Labute approximate surface area is 196 Å². The molecule has 6 atom stereocenters. The molecule has 178 valence electrons. The van der Waals surface area contributed by atoms with Crippen LogP contribution < -0.4 is 16.0 Å². The van der Waals surface area contributed by atoms with Gasteiger partial charge < -0.3 is 15.4 Å². The molecule has 4 aliphatic rings. The third kappa shape index (κ3) is 3.82. The van der Waals surface area contributed by atoms with Gasteiger partial charge in [0.05, 0.1) is 17.6 Å². The summed E-state index contributed by atoms with van der Waals surface area (Å²) in [6.07, 6.45) is 3.78. The van der Waals surface area contributed by atoms with Crippen LogP contribution in [0.15, 0.2) is 30.3 Å². The summed E-state index contributed by atoms with van der Waals surface area (Å²) in [4.78, 5) is 2.87. The average Bonchev–Trinajstić information content (AvgIpc) is 3.37. The van der Waals surface area contributed by atoms with Crippen molar-refractivity contribution in [3.05, 3.63) is 47.3 Å². The van der Waals surface area contributed by atoms with Crippen LogP contribution in [0.3, 0.4) is 0 Å². The van der Waals surface area contributed by atoms with E-state index >= 15 is 0 Å². The number of nitrogens with zero attached hydrogens (tertiary/aromatic N) is 4. The van der Waals surface area contributed by atoms with Gasteiger partial charge in [-0.05, 0) is 37.7 Å². The minimum Gasteiger partial charge on any atom is -0.381 e. The number of benzene rings is 1. The van der Waals surface area contributed by atoms with Crippen LogP contribution in [-0.2, 0) is 11.8 Å². The van der Waals surface area contributed by atoms with E-state index in [1.165, 1.54) is 11.3 Å². The smallest absolute Gasteiger partial charge is 0.0831 e. The van der Waals surface area contributed by atoms with Crippen molar-refractivity contribution in [1.82, 2.24) is 35.8 Å². The monoisotopic (exact) mass is 451 g/mol. The maximum atomic E-state index is 5.78. The van der Waals surface area contributed by atoms with E-state index in [-0.39, 0.29) is 0 Å². The van der Waals surface area contributed by atoms with Crippen LogP contribution in [0, 0.1) is 18.8 Å². The molecule has 5 heterocycles. The highest BCUT2D eigenvalue weighted by Crippen LogP contribution is 2.47. The van der Waals surface area contributed by atoms with Crippen molar-refractivity contribution in [2.75, 3.05) is 33.0 Å². The molecule has 8 nitrogen and oxygen atoms in total. The molecule has 2 aromatic rings. The van der Waals surface area contributed by atoms with Crippen LogP contribution in [0.25, 0.3) is 0 Å². The Kier molecular flexibility index (Phi) is 5.96. The van der Waals surface area contributed by atoms with Crippen LogP contribution in [0.4, 0.5) is 0 Å². The Bertz CT molecular complexity index is 924. The van der Waals surface area contributed by atoms with Crippen LogP contribution in [0.5, 0.6) is 0 Å². The summed E-state index contributed by atoms with van der Waals surface area (Å²) in [6, 6.07) is 12.6. The average molecular weight is 452 g/mol. The molecule has 1 aromatic carbocycles. The largest absolute Gasteiger partial charge is 0.381 e. The number of rotatable bonds is 4. The lowest BCUT2D eigenvalue weighted by Gasteiger charge is -2.46. The van der Waals surface area contributed by atoms with E-state index in [2.05, 4.69) is 68.4 Å². The van der Waals surface area contributed by atoms with Crippen molar-refractivity contribution in [2.45, 2.75) is 56.4 Å². The lowest BCUT2D eigenvalue weighted by molar-refractivity contribution is -0.00835. The van der Waals surface area contributed by atoms with Gasteiger partial charge in [0.15, 0.2) is 0 Å². The summed E-state index contributed by atoms with van der Waals surface area (Å²) in [5.74, 6) is 1.59. The molecular formula is C25H37N7O. The number of piperidine rings is 1. The number of aromatic nitrogens is 3. The summed E-state index contributed by atoms with van der Waals surface area (Å²) >= 11 is 0. The summed E-state index contributed by atoms with van der Waals surface area (Å²) in [5, 5.41) is 20.1. The molecule has 0 radical (unpaired) electrons. The van der Waals surface area contributed by atoms with Gasteiger partial charge in [0.2, 0.25) is 0 Å². The minimum atomic E-state index is 0.381. The first-order chi connectivity index (χ1) is 16.2. The number of likely N-dealkylation sites (tertiary alicyclic amines) is 1. The second-order valence-electron chi connectivity index (χ2n) is 10.3. The van der Waals surface area contributed by atoms with Crippen LogP contribution in [0.1, 0.15) is 48.2 Å². The van der Waals surface area contributed by atoms with Gasteiger partial charge in [-0.2, -0.15) is 0 Å². The second kappa shape index (κ2) is 9.07. The van der Waals surface area contributed by atoms with E-state index in [1.54, 1.807) is 0 Å². The van der Waals surface area contributed by atoms with E-state index in [4.69, 9.17) is 4.74 Å². The SMILES string of the molecule is Cc1nnn(C)c1C1CNC2C3CNCNC3N([C@H](c3ccccc3)C3CCOCC3)C2C1. The van der Waals surface area contributed by atoms with Gasteiger partial charge in [-0.1, -0.05) is 35.5 Å². The Hall–Kier alpha value is -1.84. The molecule has 4 saturated heterocycles. The fourth-order valence-electron chi connectivity index (χ4n) is 7.20. The Morgan fingerprint density at radius 1 is 1.09 bits per heavy atom. The molecule has 0 spiro atoms. The second-order valence-corrected chi connectivity index (χ2v) is 10.3. The number of hydrogen-bond acceptors (Lipinski definition) is 7. The summed E-state index contributed by atoms with van der Waals surface area (Å²) < 4.78 is 7.77. The molecule has 5 unspecified atom stereocenters. The molecule has 8 heteroatoms. The Morgan fingerprint density at radius 3 is 2.67 bits per heavy atom. The molecular weight excluding hydrogens is 414 g/mol. The first-order valence-corrected chi connectivity index (χ1v) is 12.7. The molecule has 6 rings (SSSR count). The fourth-order valence-corrected chi connectivity index (χ4v) is 7.20. The molecule has 1 aromatic heterocycles. The lowest BCUT2D eigenvalue weighted by Crippen LogP contribution is -2.57. The number of aryl methyl sites for hydroxylation is 2. The third-order valence-electron chi connectivity index (χ3n) is 8.54. The van der Waals surface area contributed by atoms with E-state index in [1.807, 2.05) is 11.7 Å². The van der Waals surface area contributed by atoms with E-state index in [0.29, 0.717) is 42.0 Å². The Balaban J connectivity index is 1.39. The van der Waals surface area contributed by atoms with Crippen molar-refractivity contribution in [1.29, 1.82) is 0 Å².